The van der Waals surface area contributed by atoms with Gasteiger partial charge in [0.25, 0.3) is 0 Å². The Morgan fingerprint density at radius 1 is 1.33 bits per heavy atom. The second kappa shape index (κ2) is 4.94. The number of para-hydroxylation sites is 1. The van der Waals surface area contributed by atoms with Gasteiger partial charge in [0.05, 0.1) is 5.52 Å². The molecule has 2 heterocycles. The predicted octanol–water partition coefficient (Wildman–Crippen LogP) is 2.42. The maximum Gasteiger partial charge on any atom is 0.0722 e. The van der Waals surface area contributed by atoms with Gasteiger partial charge in [0.1, 0.15) is 0 Å². The molecule has 1 N–H and O–H groups in total. The first-order valence-corrected chi connectivity index (χ1v) is 6.65. The minimum Gasteiger partial charge on any atom is -0.367 e. The summed E-state index contributed by atoms with van der Waals surface area (Å²) in [5.74, 6) is 0. The van der Waals surface area contributed by atoms with Crippen LogP contribution in [0.1, 0.15) is 12.8 Å². The van der Waals surface area contributed by atoms with Crippen LogP contribution < -0.4 is 10.2 Å². The van der Waals surface area contributed by atoms with Gasteiger partial charge in [-0.1, -0.05) is 18.2 Å². The molecule has 0 radical (unpaired) electrons. The summed E-state index contributed by atoms with van der Waals surface area (Å²) in [5, 5.41) is 4.57. The topological polar surface area (TPSA) is 28.2 Å². The number of rotatable bonds is 3. The molecule has 3 heteroatoms. The van der Waals surface area contributed by atoms with Crippen LogP contribution in [0.4, 0.5) is 5.69 Å². The molecule has 94 valence electrons. The maximum atomic E-state index is 4.44. The summed E-state index contributed by atoms with van der Waals surface area (Å²) >= 11 is 0. The minimum absolute atomic E-state index is 0.612. The molecule has 0 bridgehead atoms. The first-order chi connectivity index (χ1) is 8.90. The third-order valence-corrected chi connectivity index (χ3v) is 3.75. The van der Waals surface area contributed by atoms with Crippen molar-refractivity contribution in [3.63, 3.8) is 0 Å². The van der Waals surface area contributed by atoms with Gasteiger partial charge in [0.15, 0.2) is 0 Å². The summed E-state index contributed by atoms with van der Waals surface area (Å²) in [7, 11) is 2.03. The minimum atomic E-state index is 0.612. The molecule has 0 aliphatic carbocycles. The Kier molecular flexibility index (Phi) is 3.15. The van der Waals surface area contributed by atoms with E-state index >= 15 is 0 Å². The number of pyridine rings is 1. The molecule has 0 spiro atoms. The Morgan fingerprint density at radius 3 is 3.11 bits per heavy atom. The highest BCUT2D eigenvalue weighted by Gasteiger charge is 2.25. The number of nitrogens with one attached hydrogen (secondary N) is 1. The molecular formula is C15H19N3. The first kappa shape index (κ1) is 11.5. The van der Waals surface area contributed by atoms with Crippen LogP contribution in [0, 0.1) is 0 Å². The van der Waals surface area contributed by atoms with Crippen molar-refractivity contribution in [2.45, 2.75) is 18.9 Å². The molecule has 18 heavy (non-hydrogen) atoms. The zero-order valence-electron chi connectivity index (χ0n) is 10.8. The molecule has 1 atom stereocenters. The summed E-state index contributed by atoms with van der Waals surface area (Å²) in [6, 6.07) is 11.2. The van der Waals surface area contributed by atoms with Gasteiger partial charge < -0.3 is 10.2 Å². The van der Waals surface area contributed by atoms with Crippen molar-refractivity contribution < 1.29 is 0 Å². The largest absolute Gasteiger partial charge is 0.367 e. The molecule has 1 aliphatic heterocycles. The quantitative estimate of drug-likeness (QED) is 0.894. The standard InChI is InChI=1S/C15H19N3/c1-16-11-12-5-4-10-18(12)15-8-9-17-14-7-3-2-6-13(14)15/h2-3,6-9,12,16H,4-5,10-11H2,1H3. The van der Waals surface area contributed by atoms with Gasteiger partial charge in [-0.05, 0) is 32.0 Å². The molecule has 1 aromatic carbocycles. The number of benzene rings is 1. The van der Waals surface area contributed by atoms with Crippen molar-refractivity contribution >= 4 is 16.6 Å². The highest BCUT2D eigenvalue weighted by molar-refractivity contribution is 5.91. The van der Waals surface area contributed by atoms with Gasteiger partial charge in [0.2, 0.25) is 0 Å². The lowest BCUT2D eigenvalue weighted by atomic mass is 10.1. The van der Waals surface area contributed by atoms with Crippen LogP contribution in [0.5, 0.6) is 0 Å². The van der Waals surface area contributed by atoms with E-state index < -0.39 is 0 Å². The molecule has 1 aliphatic rings. The van der Waals surface area contributed by atoms with E-state index in [1.165, 1.54) is 23.9 Å². The second-order valence-corrected chi connectivity index (χ2v) is 4.89. The summed E-state index contributed by atoms with van der Waals surface area (Å²) in [6.07, 6.45) is 4.48. The SMILES string of the molecule is CNCC1CCCN1c1ccnc2ccccc12. The Balaban J connectivity index is 2.03. The second-order valence-electron chi connectivity index (χ2n) is 4.89. The van der Waals surface area contributed by atoms with Gasteiger partial charge in [-0.2, -0.15) is 0 Å². The Labute approximate surface area is 108 Å². The van der Waals surface area contributed by atoms with Gasteiger partial charge in [-0.3, -0.25) is 4.98 Å². The summed E-state index contributed by atoms with van der Waals surface area (Å²) < 4.78 is 0. The third-order valence-electron chi connectivity index (χ3n) is 3.75. The summed E-state index contributed by atoms with van der Waals surface area (Å²) in [6.45, 7) is 2.21. The molecule has 3 nitrogen and oxygen atoms in total. The van der Waals surface area contributed by atoms with E-state index in [0.29, 0.717) is 6.04 Å². The van der Waals surface area contributed by atoms with E-state index in [2.05, 4.69) is 39.5 Å². The van der Waals surface area contributed by atoms with Crippen LogP contribution in [0.15, 0.2) is 36.5 Å². The first-order valence-electron chi connectivity index (χ1n) is 6.65. The van der Waals surface area contributed by atoms with Crippen LogP contribution in [0.2, 0.25) is 0 Å². The number of likely N-dealkylation sites (N-methyl/N-ethyl adjacent to an activating group) is 1. The Hall–Kier alpha value is -1.61. The van der Waals surface area contributed by atoms with E-state index in [4.69, 9.17) is 0 Å². The molecule has 1 unspecified atom stereocenters. The molecule has 1 fully saturated rings. The summed E-state index contributed by atoms with van der Waals surface area (Å²) in [4.78, 5) is 6.97. The fraction of sp³-hybridized carbons (Fsp3) is 0.400. The molecule has 2 aromatic rings. The number of nitrogens with zero attached hydrogens (tertiary/aromatic N) is 2. The van der Waals surface area contributed by atoms with Gasteiger partial charge >= 0.3 is 0 Å². The van der Waals surface area contributed by atoms with Gasteiger partial charge in [0, 0.05) is 36.4 Å². The van der Waals surface area contributed by atoms with E-state index in [1.54, 1.807) is 0 Å². The zero-order chi connectivity index (χ0) is 12.4. The summed E-state index contributed by atoms with van der Waals surface area (Å²) in [5.41, 5.74) is 2.42. The Bertz CT molecular complexity index is 533. The van der Waals surface area contributed by atoms with Crippen LogP contribution in [-0.4, -0.2) is 31.2 Å². The van der Waals surface area contributed by atoms with Crippen molar-refractivity contribution in [2.75, 3.05) is 25.0 Å². The molecular weight excluding hydrogens is 222 g/mol. The lowest BCUT2D eigenvalue weighted by Gasteiger charge is -2.27. The highest BCUT2D eigenvalue weighted by atomic mass is 15.2. The van der Waals surface area contributed by atoms with Crippen molar-refractivity contribution in [2.24, 2.45) is 0 Å². The van der Waals surface area contributed by atoms with Crippen LogP contribution in [0.3, 0.4) is 0 Å². The lowest BCUT2D eigenvalue weighted by Crippen LogP contribution is -2.36. The van der Waals surface area contributed by atoms with Crippen LogP contribution >= 0.6 is 0 Å². The number of fused-ring (bicyclic) bond motifs is 1. The number of aromatic nitrogens is 1. The molecule has 1 aromatic heterocycles. The molecule has 3 rings (SSSR count). The zero-order valence-corrected chi connectivity index (χ0v) is 10.8. The van der Waals surface area contributed by atoms with Crippen LogP contribution in [0.25, 0.3) is 10.9 Å². The van der Waals surface area contributed by atoms with Crippen molar-refractivity contribution in [3.8, 4) is 0 Å². The van der Waals surface area contributed by atoms with E-state index in [0.717, 1.165) is 18.6 Å². The molecule has 0 amide bonds. The molecule has 1 saturated heterocycles. The van der Waals surface area contributed by atoms with E-state index in [-0.39, 0.29) is 0 Å². The highest BCUT2D eigenvalue weighted by Crippen LogP contribution is 2.30. The predicted molar refractivity (Wildman–Crippen MR) is 76.0 cm³/mol. The van der Waals surface area contributed by atoms with Crippen LogP contribution in [-0.2, 0) is 0 Å². The Morgan fingerprint density at radius 2 is 2.22 bits per heavy atom. The maximum absolute atomic E-state index is 4.44. The van der Waals surface area contributed by atoms with Crippen molar-refractivity contribution in [3.05, 3.63) is 36.5 Å². The average molecular weight is 241 g/mol. The lowest BCUT2D eigenvalue weighted by molar-refractivity contribution is 0.616. The molecule has 0 saturated carbocycles. The number of hydrogen-bond acceptors (Lipinski definition) is 3. The van der Waals surface area contributed by atoms with Gasteiger partial charge in [-0.15, -0.1) is 0 Å². The normalized spacial score (nSPS) is 19.6. The monoisotopic (exact) mass is 241 g/mol. The fourth-order valence-electron chi connectivity index (χ4n) is 2.93. The van der Waals surface area contributed by atoms with E-state index in [9.17, 15) is 0 Å². The smallest absolute Gasteiger partial charge is 0.0722 e. The van der Waals surface area contributed by atoms with Crippen molar-refractivity contribution in [1.82, 2.24) is 10.3 Å². The number of anilines is 1. The van der Waals surface area contributed by atoms with Gasteiger partial charge in [-0.25, -0.2) is 0 Å². The average Bonchev–Trinajstić information content (AvgIpc) is 2.87. The number of hydrogen-bond donors (Lipinski definition) is 1. The van der Waals surface area contributed by atoms with Crippen molar-refractivity contribution in [1.29, 1.82) is 0 Å². The third kappa shape index (κ3) is 1.95. The van der Waals surface area contributed by atoms with E-state index in [1.807, 2.05) is 19.3 Å². The fourth-order valence-corrected chi connectivity index (χ4v) is 2.93.